The molecule has 0 saturated carbocycles. The van der Waals surface area contributed by atoms with E-state index in [1.807, 2.05) is 0 Å². The SMILES string of the molecule is C/C(=C1\SC(=S)N(CCS(=O)(=O)[O-])C1=O)c1ccc(F)cc1. The van der Waals surface area contributed by atoms with E-state index in [9.17, 15) is 22.2 Å². The zero-order valence-corrected chi connectivity index (χ0v) is 13.9. The van der Waals surface area contributed by atoms with Crippen LogP contribution in [0.15, 0.2) is 29.2 Å². The normalized spacial score (nSPS) is 18.0. The molecule has 1 aromatic rings. The highest BCUT2D eigenvalue weighted by Gasteiger charge is 2.33. The van der Waals surface area contributed by atoms with Crippen LogP contribution in [0.1, 0.15) is 12.5 Å². The molecule has 1 aliphatic heterocycles. The van der Waals surface area contributed by atoms with Crippen LogP contribution in [0.3, 0.4) is 0 Å². The van der Waals surface area contributed by atoms with E-state index in [1.54, 1.807) is 19.1 Å². The average molecular weight is 360 g/mol. The number of carbonyl (C=O) groups is 1. The Balaban J connectivity index is 2.26. The Hall–Kier alpha value is -1.29. The van der Waals surface area contributed by atoms with Crippen molar-refractivity contribution in [3.8, 4) is 0 Å². The number of hydrogen-bond donors (Lipinski definition) is 0. The maximum absolute atomic E-state index is 12.9. The summed E-state index contributed by atoms with van der Waals surface area (Å²) in [5.41, 5.74) is 1.28. The lowest BCUT2D eigenvalue weighted by Crippen LogP contribution is -2.33. The number of thiocarbonyl (C=S) groups is 1. The fourth-order valence-corrected chi connectivity index (χ4v) is 3.61. The molecule has 1 fully saturated rings. The van der Waals surface area contributed by atoms with Gasteiger partial charge in [-0.25, -0.2) is 12.8 Å². The Labute approximate surface area is 136 Å². The van der Waals surface area contributed by atoms with Crippen molar-refractivity contribution >= 4 is 49.9 Å². The Morgan fingerprint density at radius 1 is 1.36 bits per heavy atom. The molecular weight excluding hydrogens is 349 g/mol. The van der Waals surface area contributed by atoms with Crippen molar-refractivity contribution in [2.24, 2.45) is 0 Å². The third-order valence-corrected chi connectivity index (χ3v) is 5.26. The number of carbonyl (C=O) groups excluding carboxylic acids is 1. The predicted octanol–water partition coefficient (Wildman–Crippen LogP) is 1.96. The molecule has 0 aromatic heterocycles. The van der Waals surface area contributed by atoms with E-state index in [-0.39, 0.29) is 16.7 Å². The first-order valence-electron chi connectivity index (χ1n) is 6.13. The van der Waals surface area contributed by atoms with Crippen LogP contribution in [-0.2, 0) is 14.9 Å². The largest absolute Gasteiger partial charge is 0.748 e. The summed E-state index contributed by atoms with van der Waals surface area (Å²) in [6.45, 7) is 1.43. The fraction of sp³-hybridized carbons (Fsp3) is 0.231. The highest BCUT2D eigenvalue weighted by Crippen LogP contribution is 2.36. The lowest BCUT2D eigenvalue weighted by molar-refractivity contribution is -0.121. The number of benzene rings is 1. The predicted molar refractivity (Wildman–Crippen MR) is 85.5 cm³/mol. The summed E-state index contributed by atoms with van der Waals surface area (Å²) >= 11 is 6.09. The van der Waals surface area contributed by atoms with E-state index in [2.05, 4.69) is 0 Å². The summed E-state index contributed by atoms with van der Waals surface area (Å²) in [5.74, 6) is -1.52. The second-order valence-electron chi connectivity index (χ2n) is 4.55. The lowest BCUT2D eigenvalue weighted by Gasteiger charge is -2.15. The van der Waals surface area contributed by atoms with Crippen molar-refractivity contribution in [2.75, 3.05) is 12.3 Å². The van der Waals surface area contributed by atoms with Gasteiger partial charge in [-0.05, 0) is 30.2 Å². The van der Waals surface area contributed by atoms with Gasteiger partial charge in [-0.2, -0.15) is 0 Å². The van der Waals surface area contributed by atoms with Crippen LogP contribution in [0.4, 0.5) is 4.39 Å². The highest BCUT2D eigenvalue weighted by molar-refractivity contribution is 8.26. The third kappa shape index (κ3) is 3.92. The van der Waals surface area contributed by atoms with E-state index >= 15 is 0 Å². The zero-order chi connectivity index (χ0) is 16.5. The van der Waals surface area contributed by atoms with Crippen molar-refractivity contribution in [3.05, 3.63) is 40.6 Å². The number of rotatable bonds is 4. The van der Waals surface area contributed by atoms with Gasteiger partial charge in [-0.1, -0.05) is 36.1 Å². The van der Waals surface area contributed by atoms with E-state index in [0.29, 0.717) is 16.0 Å². The fourth-order valence-electron chi connectivity index (χ4n) is 1.86. The van der Waals surface area contributed by atoms with Gasteiger partial charge >= 0.3 is 0 Å². The van der Waals surface area contributed by atoms with Crippen LogP contribution in [0.2, 0.25) is 0 Å². The summed E-state index contributed by atoms with van der Waals surface area (Å²) in [6.07, 6.45) is 0. The van der Waals surface area contributed by atoms with E-state index in [1.165, 1.54) is 12.1 Å². The molecule has 0 atom stereocenters. The highest BCUT2D eigenvalue weighted by atomic mass is 32.2. The molecule has 0 spiro atoms. The minimum atomic E-state index is -4.42. The monoisotopic (exact) mass is 360 g/mol. The van der Waals surface area contributed by atoms with Crippen LogP contribution in [0, 0.1) is 5.82 Å². The number of thioether (sulfide) groups is 1. The van der Waals surface area contributed by atoms with Crippen LogP contribution < -0.4 is 0 Å². The topological polar surface area (TPSA) is 77.5 Å². The van der Waals surface area contributed by atoms with Crippen LogP contribution >= 0.6 is 24.0 Å². The number of allylic oxidation sites excluding steroid dienone is 1. The third-order valence-electron chi connectivity index (χ3n) is 3.03. The number of nitrogens with zero attached hydrogens (tertiary/aromatic N) is 1. The summed E-state index contributed by atoms with van der Waals surface area (Å²) in [7, 11) is -4.42. The van der Waals surface area contributed by atoms with Gasteiger partial charge in [-0.15, -0.1) is 0 Å². The van der Waals surface area contributed by atoms with Crippen molar-refractivity contribution in [2.45, 2.75) is 6.92 Å². The maximum Gasteiger partial charge on any atom is 0.266 e. The summed E-state index contributed by atoms with van der Waals surface area (Å²) in [4.78, 5) is 13.7. The Bertz CT molecular complexity index is 756. The van der Waals surface area contributed by atoms with Gasteiger partial charge in [-0.3, -0.25) is 9.69 Å². The lowest BCUT2D eigenvalue weighted by atomic mass is 10.1. The molecule has 5 nitrogen and oxygen atoms in total. The molecule has 22 heavy (non-hydrogen) atoms. The van der Waals surface area contributed by atoms with Gasteiger partial charge in [0.25, 0.3) is 5.91 Å². The second kappa shape index (κ2) is 6.45. The summed E-state index contributed by atoms with van der Waals surface area (Å²) < 4.78 is 45.2. The average Bonchev–Trinajstić information content (AvgIpc) is 2.71. The molecule has 0 N–H and O–H groups in total. The van der Waals surface area contributed by atoms with Crippen molar-refractivity contribution in [1.82, 2.24) is 4.90 Å². The minimum absolute atomic E-state index is 0.199. The Morgan fingerprint density at radius 3 is 2.50 bits per heavy atom. The van der Waals surface area contributed by atoms with E-state index in [0.717, 1.165) is 16.7 Å². The molecule has 0 bridgehead atoms. The second-order valence-corrected chi connectivity index (χ2v) is 7.72. The van der Waals surface area contributed by atoms with E-state index in [4.69, 9.17) is 12.2 Å². The molecule has 2 rings (SSSR count). The van der Waals surface area contributed by atoms with Crippen molar-refractivity contribution in [3.63, 3.8) is 0 Å². The number of hydrogen-bond acceptors (Lipinski definition) is 6. The first-order chi connectivity index (χ1) is 10.2. The smallest absolute Gasteiger partial charge is 0.266 e. The molecule has 9 heteroatoms. The Kier molecular flexibility index (Phi) is 5.00. The molecule has 0 aliphatic carbocycles. The van der Waals surface area contributed by atoms with Gasteiger partial charge in [0.05, 0.1) is 20.8 Å². The van der Waals surface area contributed by atoms with Crippen LogP contribution in [0.25, 0.3) is 5.57 Å². The Morgan fingerprint density at radius 2 is 1.95 bits per heavy atom. The van der Waals surface area contributed by atoms with Gasteiger partial charge in [0.15, 0.2) is 0 Å². The van der Waals surface area contributed by atoms with Crippen LogP contribution in [-0.4, -0.2) is 40.4 Å². The van der Waals surface area contributed by atoms with Gasteiger partial charge in [0.2, 0.25) is 0 Å². The molecule has 1 aromatic carbocycles. The molecular formula is C13H11FNO4S3-. The molecule has 0 unspecified atom stereocenters. The van der Waals surface area contributed by atoms with Crippen molar-refractivity contribution in [1.29, 1.82) is 0 Å². The number of amides is 1. The van der Waals surface area contributed by atoms with Gasteiger partial charge in [0.1, 0.15) is 10.1 Å². The molecule has 118 valence electrons. The van der Waals surface area contributed by atoms with E-state index < -0.39 is 21.8 Å². The van der Waals surface area contributed by atoms with Crippen molar-refractivity contribution < 1.29 is 22.2 Å². The maximum atomic E-state index is 12.9. The van der Waals surface area contributed by atoms with Crippen LogP contribution in [0.5, 0.6) is 0 Å². The minimum Gasteiger partial charge on any atom is -0.748 e. The zero-order valence-electron chi connectivity index (χ0n) is 11.4. The quantitative estimate of drug-likeness (QED) is 0.464. The first-order valence-corrected chi connectivity index (χ1v) is 8.93. The summed E-state index contributed by atoms with van der Waals surface area (Å²) in [6, 6.07) is 5.64. The summed E-state index contributed by atoms with van der Waals surface area (Å²) in [5, 5.41) is 0. The molecule has 1 saturated heterocycles. The molecule has 1 aliphatic rings. The number of halogens is 1. The first kappa shape index (κ1) is 17.1. The molecule has 0 radical (unpaired) electrons. The molecule has 1 amide bonds. The molecule has 1 heterocycles. The standard InChI is InChI=1S/C13H12FNO4S3/c1-8(9-2-4-10(14)5-3-9)11-12(16)15(13(20)21-11)6-7-22(17,18)19/h2-5H,6-7H2,1H3,(H,17,18,19)/p-1/b11-8+. The van der Waals surface area contributed by atoms with Gasteiger partial charge in [0, 0.05) is 6.54 Å². The van der Waals surface area contributed by atoms with Gasteiger partial charge < -0.3 is 4.55 Å².